The standard InChI is InChI=1S/C17H16N4O6/c1-12(14-5-3-7-16(9-14)20(22)23)18-26-11-27-19-13(2)15-6-4-8-17(10-15)21(24)25/h3-10H,11H2,1-2H3/b18-12-,19-13-. The van der Waals surface area contributed by atoms with Gasteiger partial charge in [0.25, 0.3) is 18.2 Å². The molecule has 0 aromatic heterocycles. The summed E-state index contributed by atoms with van der Waals surface area (Å²) in [5, 5.41) is 29.2. The number of oxime groups is 2. The van der Waals surface area contributed by atoms with Gasteiger partial charge in [-0.25, -0.2) is 0 Å². The first-order valence-corrected chi connectivity index (χ1v) is 7.71. The molecule has 0 saturated carbocycles. The third-order valence-electron chi connectivity index (χ3n) is 3.46. The zero-order valence-corrected chi connectivity index (χ0v) is 14.6. The highest BCUT2D eigenvalue weighted by atomic mass is 16.8. The van der Waals surface area contributed by atoms with E-state index in [9.17, 15) is 20.2 Å². The molecular formula is C17H16N4O6. The van der Waals surface area contributed by atoms with Crippen molar-refractivity contribution in [1.82, 2.24) is 0 Å². The van der Waals surface area contributed by atoms with E-state index < -0.39 is 9.85 Å². The van der Waals surface area contributed by atoms with Crippen LogP contribution in [0.25, 0.3) is 0 Å². The van der Waals surface area contributed by atoms with Crippen LogP contribution in [-0.2, 0) is 9.68 Å². The van der Waals surface area contributed by atoms with Crippen LogP contribution in [0.2, 0.25) is 0 Å². The molecule has 2 rings (SSSR count). The first-order chi connectivity index (χ1) is 12.9. The number of rotatable bonds is 8. The number of hydrogen-bond donors (Lipinski definition) is 0. The van der Waals surface area contributed by atoms with Crippen LogP contribution in [0, 0.1) is 20.2 Å². The molecular weight excluding hydrogens is 356 g/mol. The number of non-ortho nitro benzene ring substituents is 2. The third kappa shape index (κ3) is 5.59. The fourth-order valence-electron chi connectivity index (χ4n) is 2.06. The molecule has 0 N–H and O–H groups in total. The van der Waals surface area contributed by atoms with Gasteiger partial charge in [0.2, 0.25) is 0 Å². The lowest BCUT2D eigenvalue weighted by molar-refractivity contribution is -0.385. The number of benzene rings is 2. The third-order valence-corrected chi connectivity index (χ3v) is 3.46. The quantitative estimate of drug-likeness (QED) is 0.229. The highest BCUT2D eigenvalue weighted by Gasteiger charge is 2.08. The van der Waals surface area contributed by atoms with Gasteiger partial charge in [-0.15, -0.1) is 0 Å². The van der Waals surface area contributed by atoms with Crippen LogP contribution < -0.4 is 0 Å². The maximum absolute atomic E-state index is 10.8. The Morgan fingerprint density at radius 3 is 1.63 bits per heavy atom. The molecule has 0 amide bonds. The molecule has 0 fully saturated rings. The van der Waals surface area contributed by atoms with Gasteiger partial charge < -0.3 is 9.68 Å². The van der Waals surface area contributed by atoms with Crippen LogP contribution >= 0.6 is 0 Å². The Balaban J connectivity index is 1.92. The normalized spacial score (nSPS) is 11.8. The van der Waals surface area contributed by atoms with Crippen LogP contribution in [-0.4, -0.2) is 28.1 Å². The van der Waals surface area contributed by atoms with E-state index in [1.807, 2.05) is 0 Å². The van der Waals surface area contributed by atoms with Crippen LogP contribution in [0.3, 0.4) is 0 Å². The molecule has 27 heavy (non-hydrogen) atoms. The van der Waals surface area contributed by atoms with Crippen molar-refractivity contribution in [2.75, 3.05) is 6.79 Å². The van der Waals surface area contributed by atoms with Crippen LogP contribution in [0.15, 0.2) is 58.8 Å². The summed E-state index contributed by atoms with van der Waals surface area (Å²) in [5.41, 5.74) is 1.86. The van der Waals surface area contributed by atoms with Crippen molar-refractivity contribution >= 4 is 22.8 Å². The molecule has 10 nitrogen and oxygen atoms in total. The predicted octanol–water partition coefficient (Wildman–Crippen LogP) is 3.64. The van der Waals surface area contributed by atoms with E-state index in [4.69, 9.17) is 9.68 Å². The largest absolute Gasteiger partial charge is 0.352 e. The summed E-state index contributed by atoms with van der Waals surface area (Å²) in [6, 6.07) is 12.0. The van der Waals surface area contributed by atoms with Crippen molar-refractivity contribution in [3.8, 4) is 0 Å². The van der Waals surface area contributed by atoms with Crippen molar-refractivity contribution in [1.29, 1.82) is 0 Å². The van der Waals surface area contributed by atoms with Crippen molar-refractivity contribution in [3.63, 3.8) is 0 Å². The average Bonchev–Trinajstić information content (AvgIpc) is 2.67. The van der Waals surface area contributed by atoms with Crippen molar-refractivity contribution in [2.45, 2.75) is 13.8 Å². The molecule has 0 atom stereocenters. The molecule has 0 aliphatic carbocycles. The first kappa shape index (κ1) is 19.5. The molecule has 0 heterocycles. The Kier molecular flexibility index (Phi) is 6.53. The summed E-state index contributed by atoms with van der Waals surface area (Å²) in [6.45, 7) is 2.98. The fourth-order valence-corrected chi connectivity index (χ4v) is 2.06. The fraction of sp³-hybridized carbons (Fsp3) is 0.176. The second-order valence-electron chi connectivity index (χ2n) is 5.34. The Labute approximate surface area is 154 Å². The second kappa shape index (κ2) is 9.04. The van der Waals surface area contributed by atoms with Crippen molar-refractivity contribution in [2.24, 2.45) is 10.3 Å². The molecule has 2 aromatic rings. The highest BCUT2D eigenvalue weighted by Crippen LogP contribution is 2.15. The number of nitro benzene ring substituents is 2. The molecule has 140 valence electrons. The monoisotopic (exact) mass is 372 g/mol. The predicted molar refractivity (Wildman–Crippen MR) is 97.7 cm³/mol. The van der Waals surface area contributed by atoms with Gasteiger partial charge in [-0.3, -0.25) is 20.2 Å². The summed E-state index contributed by atoms with van der Waals surface area (Å²) >= 11 is 0. The van der Waals surface area contributed by atoms with Crippen molar-refractivity contribution in [3.05, 3.63) is 79.9 Å². The minimum atomic E-state index is -0.494. The van der Waals surface area contributed by atoms with E-state index in [0.717, 1.165) is 0 Å². The zero-order valence-electron chi connectivity index (χ0n) is 14.6. The maximum atomic E-state index is 10.8. The van der Waals surface area contributed by atoms with E-state index in [1.165, 1.54) is 24.3 Å². The van der Waals surface area contributed by atoms with Crippen LogP contribution in [0.4, 0.5) is 11.4 Å². The van der Waals surface area contributed by atoms with Gasteiger partial charge >= 0.3 is 0 Å². The lowest BCUT2D eigenvalue weighted by Crippen LogP contribution is -2.01. The van der Waals surface area contributed by atoms with Crippen molar-refractivity contribution < 1.29 is 19.5 Å². The van der Waals surface area contributed by atoms with E-state index >= 15 is 0 Å². The van der Waals surface area contributed by atoms with Gasteiger partial charge in [-0.05, 0) is 13.8 Å². The average molecular weight is 372 g/mol. The summed E-state index contributed by atoms with van der Waals surface area (Å²) in [5.74, 6) is 0. The highest BCUT2D eigenvalue weighted by molar-refractivity contribution is 5.99. The molecule has 0 aliphatic heterocycles. The molecule has 10 heteroatoms. The van der Waals surface area contributed by atoms with Crippen LogP contribution in [0.1, 0.15) is 25.0 Å². The lowest BCUT2D eigenvalue weighted by Gasteiger charge is -2.03. The lowest BCUT2D eigenvalue weighted by atomic mass is 10.1. The Morgan fingerprint density at radius 2 is 1.26 bits per heavy atom. The minimum Gasteiger partial charge on any atom is -0.352 e. The second-order valence-corrected chi connectivity index (χ2v) is 5.34. The SMILES string of the molecule is C/C(=N/OCO/N=C(/C)c1cccc([N+](=O)[O-])c1)c1cccc([N+](=O)[O-])c1. The first-order valence-electron chi connectivity index (χ1n) is 7.71. The number of nitro groups is 2. The zero-order chi connectivity index (χ0) is 19.8. The Morgan fingerprint density at radius 1 is 0.852 bits per heavy atom. The molecule has 0 unspecified atom stereocenters. The molecule has 0 aliphatic rings. The van der Waals surface area contributed by atoms with E-state index in [0.29, 0.717) is 22.6 Å². The maximum Gasteiger partial charge on any atom is 0.280 e. The Bertz CT molecular complexity index is 836. The molecule has 0 radical (unpaired) electrons. The van der Waals surface area contributed by atoms with Gasteiger partial charge in [0.05, 0.1) is 21.3 Å². The molecule has 2 aromatic carbocycles. The van der Waals surface area contributed by atoms with E-state index in [1.54, 1.807) is 38.1 Å². The molecule has 0 saturated heterocycles. The van der Waals surface area contributed by atoms with Gasteiger partial charge in [0.15, 0.2) is 0 Å². The van der Waals surface area contributed by atoms with Gasteiger partial charge in [-0.1, -0.05) is 34.6 Å². The summed E-state index contributed by atoms with van der Waals surface area (Å²) in [4.78, 5) is 30.5. The topological polar surface area (TPSA) is 129 Å². The Hall–Kier alpha value is -3.82. The smallest absolute Gasteiger partial charge is 0.280 e. The van der Waals surface area contributed by atoms with E-state index in [-0.39, 0.29) is 18.2 Å². The summed E-state index contributed by atoms with van der Waals surface area (Å²) in [7, 11) is 0. The number of nitrogens with zero attached hydrogens (tertiary/aromatic N) is 4. The number of hydrogen-bond acceptors (Lipinski definition) is 8. The van der Waals surface area contributed by atoms with Gasteiger partial charge in [0, 0.05) is 35.4 Å². The van der Waals surface area contributed by atoms with Gasteiger partial charge in [0.1, 0.15) is 0 Å². The summed E-state index contributed by atoms with van der Waals surface area (Å²) in [6.07, 6.45) is 0. The summed E-state index contributed by atoms with van der Waals surface area (Å²) < 4.78 is 0. The van der Waals surface area contributed by atoms with Crippen LogP contribution in [0.5, 0.6) is 0 Å². The molecule has 0 spiro atoms. The minimum absolute atomic E-state index is 0.0459. The van der Waals surface area contributed by atoms with E-state index in [2.05, 4.69) is 10.3 Å². The molecule has 0 bridgehead atoms. The van der Waals surface area contributed by atoms with Gasteiger partial charge in [-0.2, -0.15) is 0 Å².